The second kappa shape index (κ2) is 9.40. The minimum absolute atomic E-state index is 0.176. The fraction of sp³-hybridized carbons (Fsp3) is 0.130. The minimum atomic E-state index is -0.330. The first-order valence-electron chi connectivity index (χ1n) is 9.75. The van der Waals surface area contributed by atoms with E-state index in [1.807, 2.05) is 48.5 Å². The summed E-state index contributed by atoms with van der Waals surface area (Å²) in [5.74, 6) is 0. The molecule has 4 rings (SSSR count). The highest BCUT2D eigenvalue weighted by molar-refractivity contribution is 6.30. The van der Waals surface area contributed by atoms with Gasteiger partial charge in [0.15, 0.2) is 0 Å². The fourth-order valence-corrected chi connectivity index (χ4v) is 3.33. The summed E-state index contributed by atoms with van der Waals surface area (Å²) in [5.41, 5.74) is 2.07. The SMILES string of the molecule is O=C(NCc1ccc(Cl)cc1)NCc1nn(Cc2ccccn2)c(=O)c2ccccc12. The van der Waals surface area contributed by atoms with E-state index in [-0.39, 0.29) is 24.7 Å². The van der Waals surface area contributed by atoms with Gasteiger partial charge in [-0.25, -0.2) is 9.48 Å². The molecule has 0 aliphatic heterocycles. The van der Waals surface area contributed by atoms with Crippen LogP contribution >= 0.6 is 11.6 Å². The number of amides is 2. The zero-order valence-electron chi connectivity index (χ0n) is 16.6. The smallest absolute Gasteiger partial charge is 0.315 e. The van der Waals surface area contributed by atoms with Gasteiger partial charge in [-0.1, -0.05) is 48.0 Å². The summed E-state index contributed by atoms with van der Waals surface area (Å²) < 4.78 is 1.38. The van der Waals surface area contributed by atoms with Crippen LogP contribution in [0.3, 0.4) is 0 Å². The van der Waals surface area contributed by atoms with Crippen molar-refractivity contribution < 1.29 is 4.79 Å². The highest BCUT2D eigenvalue weighted by atomic mass is 35.5. The molecule has 156 valence electrons. The van der Waals surface area contributed by atoms with Gasteiger partial charge in [0.05, 0.1) is 29.9 Å². The molecule has 0 saturated heterocycles. The van der Waals surface area contributed by atoms with Crippen molar-refractivity contribution in [2.24, 2.45) is 0 Å². The molecule has 0 aliphatic rings. The molecule has 2 aromatic heterocycles. The molecule has 0 unspecified atom stereocenters. The van der Waals surface area contributed by atoms with Crippen molar-refractivity contribution in [3.05, 3.63) is 105 Å². The number of hydrogen-bond acceptors (Lipinski definition) is 4. The Morgan fingerprint density at radius 1 is 0.903 bits per heavy atom. The summed E-state index contributed by atoms with van der Waals surface area (Å²) in [5, 5.41) is 12.0. The molecule has 0 fully saturated rings. The van der Waals surface area contributed by atoms with Crippen LogP contribution in [0.1, 0.15) is 17.0 Å². The van der Waals surface area contributed by atoms with E-state index in [1.54, 1.807) is 24.4 Å². The summed E-state index contributed by atoms with van der Waals surface area (Å²) in [4.78, 5) is 29.4. The highest BCUT2D eigenvalue weighted by Crippen LogP contribution is 2.14. The van der Waals surface area contributed by atoms with Gasteiger partial charge in [0.25, 0.3) is 5.56 Å². The molecule has 0 bridgehead atoms. The van der Waals surface area contributed by atoms with Crippen LogP contribution < -0.4 is 16.2 Å². The number of nitrogens with zero attached hydrogens (tertiary/aromatic N) is 3. The number of halogens is 1. The number of fused-ring (bicyclic) bond motifs is 1. The average molecular weight is 434 g/mol. The number of benzene rings is 2. The Morgan fingerprint density at radius 3 is 2.35 bits per heavy atom. The molecule has 0 radical (unpaired) electrons. The van der Waals surface area contributed by atoms with E-state index in [4.69, 9.17) is 11.6 Å². The zero-order chi connectivity index (χ0) is 21.6. The number of pyridine rings is 1. The van der Waals surface area contributed by atoms with Crippen molar-refractivity contribution >= 4 is 28.4 Å². The number of carbonyl (C=O) groups is 1. The normalized spacial score (nSPS) is 10.7. The van der Waals surface area contributed by atoms with E-state index in [0.29, 0.717) is 28.0 Å². The lowest BCUT2D eigenvalue weighted by atomic mass is 10.1. The molecule has 7 nitrogen and oxygen atoms in total. The zero-order valence-corrected chi connectivity index (χ0v) is 17.3. The lowest BCUT2D eigenvalue weighted by molar-refractivity contribution is 0.240. The number of rotatable bonds is 6. The second-order valence-corrected chi connectivity index (χ2v) is 7.38. The Labute approximate surface area is 183 Å². The summed E-state index contributed by atoms with van der Waals surface area (Å²) >= 11 is 5.88. The molecule has 4 aromatic rings. The molecular weight excluding hydrogens is 414 g/mol. The topological polar surface area (TPSA) is 88.9 Å². The minimum Gasteiger partial charge on any atom is -0.334 e. The van der Waals surface area contributed by atoms with E-state index in [2.05, 4.69) is 20.7 Å². The number of hydrogen-bond donors (Lipinski definition) is 2. The third-order valence-corrected chi connectivity index (χ3v) is 5.02. The van der Waals surface area contributed by atoms with Crippen LogP contribution in [0.25, 0.3) is 10.8 Å². The van der Waals surface area contributed by atoms with Gasteiger partial charge in [0, 0.05) is 23.2 Å². The van der Waals surface area contributed by atoms with Gasteiger partial charge in [-0.05, 0) is 35.9 Å². The van der Waals surface area contributed by atoms with Crippen LogP contribution in [-0.4, -0.2) is 20.8 Å². The van der Waals surface area contributed by atoms with Crippen LogP contribution in [0.15, 0.2) is 77.7 Å². The Balaban J connectivity index is 1.51. The quantitative estimate of drug-likeness (QED) is 0.487. The van der Waals surface area contributed by atoms with Crippen LogP contribution in [0.2, 0.25) is 5.02 Å². The Kier molecular flexibility index (Phi) is 6.24. The lowest BCUT2D eigenvalue weighted by Crippen LogP contribution is -2.35. The molecule has 0 spiro atoms. The number of urea groups is 1. The first-order chi connectivity index (χ1) is 15.1. The summed E-state index contributed by atoms with van der Waals surface area (Å²) in [6, 6.07) is 19.7. The monoisotopic (exact) mass is 433 g/mol. The van der Waals surface area contributed by atoms with E-state index in [0.717, 1.165) is 11.3 Å². The molecule has 8 heteroatoms. The van der Waals surface area contributed by atoms with Gasteiger partial charge in [-0.2, -0.15) is 5.10 Å². The van der Waals surface area contributed by atoms with Crippen molar-refractivity contribution in [1.82, 2.24) is 25.4 Å². The highest BCUT2D eigenvalue weighted by Gasteiger charge is 2.12. The molecule has 2 aromatic carbocycles. The molecule has 2 amide bonds. The van der Waals surface area contributed by atoms with Crippen molar-refractivity contribution in [1.29, 1.82) is 0 Å². The van der Waals surface area contributed by atoms with Gasteiger partial charge in [-0.15, -0.1) is 0 Å². The standard InChI is InChI=1S/C23H20ClN5O2/c24-17-10-8-16(9-11-17)13-26-23(31)27-14-21-19-6-1-2-7-20(19)22(30)29(28-21)15-18-5-3-4-12-25-18/h1-12H,13-15H2,(H2,26,27,31). The van der Waals surface area contributed by atoms with E-state index < -0.39 is 0 Å². The van der Waals surface area contributed by atoms with E-state index >= 15 is 0 Å². The maximum atomic E-state index is 12.9. The first kappa shape index (κ1) is 20.6. The van der Waals surface area contributed by atoms with Gasteiger partial charge in [0.2, 0.25) is 0 Å². The maximum Gasteiger partial charge on any atom is 0.315 e. The van der Waals surface area contributed by atoms with Crippen molar-refractivity contribution in [2.45, 2.75) is 19.6 Å². The van der Waals surface area contributed by atoms with Crippen molar-refractivity contribution in [3.8, 4) is 0 Å². The van der Waals surface area contributed by atoms with Crippen LogP contribution in [0.5, 0.6) is 0 Å². The van der Waals surface area contributed by atoms with Crippen LogP contribution in [0.4, 0.5) is 4.79 Å². The molecular formula is C23H20ClN5O2. The van der Waals surface area contributed by atoms with Gasteiger partial charge in [0.1, 0.15) is 0 Å². The molecule has 0 saturated carbocycles. The predicted octanol–water partition coefficient (Wildman–Crippen LogP) is 3.49. The summed E-state index contributed by atoms with van der Waals surface area (Å²) in [6.07, 6.45) is 1.68. The van der Waals surface area contributed by atoms with Crippen LogP contribution in [0, 0.1) is 0 Å². The Hall–Kier alpha value is -3.71. The number of aromatic nitrogens is 3. The van der Waals surface area contributed by atoms with Gasteiger partial charge in [-0.3, -0.25) is 9.78 Å². The Morgan fingerprint density at radius 2 is 1.61 bits per heavy atom. The molecule has 31 heavy (non-hydrogen) atoms. The van der Waals surface area contributed by atoms with E-state index in [1.165, 1.54) is 4.68 Å². The predicted molar refractivity (Wildman–Crippen MR) is 120 cm³/mol. The fourth-order valence-electron chi connectivity index (χ4n) is 3.20. The van der Waals surface area contributed by atoms with Crippen molar-refractivity contribution in [3.63, 3.8) is 0 Å². The number of carbonyl (C=O) groups excluding carboxylic acids is 1. The number of nitrogens with one attached hydrogen (secondary N) is 2. The van der Waals surface area contributed by atoms with Crippen LogP contribution in [-0.2, 0) is 19.6 Å². The first-order valence-corrected chi connectivity index (χ1v) is 10.1. The van der Waals surface area contributed by atoms with Gasteiger partial charge >= 0.3 is 6.03 Å². The van der Waals surface area contributed by atoms with E-state index in [9.17, 15) is 9.59 Å². The van der Waals surface area contributed by atoms with Gasteiger partial charge < -0.3 is 10.6 Å². The second-order valence-electron chi connectivity index (χ2n) is 6.94. The molecule has 0 aliphatic carbocycles. The third kappa shape index (κ3) is 5.07. The summed E-state index contributed by atoms with van der Waals surface area (Å²) in [6.45, 7) is 0.798. The lowest BCUT2D eigenvalue weighted by Gasteiger charge is -2.12. The average Bonchev–Trinajstić information content (AvgIpc) is 2.80. The molecule has 2 N–H and O–H groups in total. The largest absolute Gasteiger partial charge is 0.334 e. The molecule has 0 atom stereocenters. The molecule has 2 heterocycles. The van der Waals surface area contributed by atoms with Crippen molar-refractivity contribution in [2.75, 3.05) is 0 Å². The maximum absolute atomic E-state index is 12.9. The third-order valence-electron chi connectivity index (χ3n) is 4.76. The summed E-state index contributed by atoms with van der Waals surface area (Å²) in [7, 11) is 0. The Bertz CT molecular complexity index is 1260.